The second kappa shape index (κ2) is 24.3. The van der Waals surface area contributed by atoms with E-state index in [0.29, 0.717) is 22.9 Å². The number of allylic oxidation sites excluding steroid dienone is 1. The molecule has 10 aromatic rings. The van der Waals surface area contributed by atoms with E-state index in [1.165, 1.54) is 28.0 Å². The van der Waals surface area contributed by atoms with Gasteiger partial charge in [-0.3, -0.25) is 14.5 Å². The third kappa shape index (κ3) is 10.9. The monoisotopic (exact) mass is 1160 g/mol. The van der Waals surface area contributed by atoms with Crippen molar-refractivity contribution in [3.63, 3.8) is 0 Å². The highest BCUT2D eigenvalue weighted by Crippen LogP contribution is 2.47. The van der Waals surface area contributed by atoms with Crippen LogP contribution in [0.4, 0.5) is 5.13 Å². The Hall–Kier alpha value is -8.92. The van der Waals surface area contributed by atoms with E-state index in [4.69, 9.17) is 31.3 Å². The van der Waals surface area contributed by atoms with Crippen LogP contribution in [0, 0.1) is 6.92 Å². The number of oxime groups is 1. The number of ether oxygens (including phenoxy) is 1. The molecule has 2 amide bonds. The number of nitrogens with zero attached hydrogens (tertiary/aromatic N) is 4. The lowest BCUT2D eigenvalue weighted by molar-refractivity contribution is -0.158. The molecule has 0 spiro atoms. The molecule has 2 unspecified atom stereocenters. The zero-order valence-electron chi connectivity index (χ0n) is 44.8. The Balaban J connectivity index is 0.951. The van der Waals surface area contributed by atoms with E-state index in [1.54, 1.807) is 6.20 Å². The summed E-state index contributed by atoms with van der Waals surface area (Å²) in [7, 11) is 0. The van der Waals surface area contributed by atoms with Crippen LogP contribution in [-0.2, 0) is 35.1 Å². The van der Waals surface area contributed by atoms with Crippen LogP contribution < -0.4 is 10.6 Å². The van der Waals surface area contributed by atoms with Crippen molar-refractivity contribution in [1.82, 2.24) is 20.2 Å². The van der Waals surface area contributed by atoms with Crippen molar-refractivity contribution in [3.05, 3.63) is 319 Å². The number of thioether (sulfide) groups is 1. The quantitative estimate of drug-likeness (QED) is 0.0267. The number of anilines is 1. The van der Waals surface area contributed by atoms with Crippen LogP contribution in [-0.4, -0.2) is 50.4 Å². The molecule has 2 aromatic heterocycles. The van der Waals surface area contributed by atoms with Crippen LogP contribution in [0.1, 0.15) is 74.0 Å². The van der Waals surface area contributed by atoms with Gasteiger partial charge in [-0.2, -0.15) is 0 Å². The first-order valence-electron chi connectivity index (χ1n) is 27.0. The van der Waals surface area contributed by atoms with Crippen molar-refractivity contribution < 1.29 is 24.0 Å². The molecule has 0 aliphatic carbocycles. The Bertz CT molecular complexity index is 3720. The molecular formula is C68H53ClN6O5S3. The summed E-state index contributed by atoms with van der Waals surface area (Å²) in [6.45, 7) is 1.97. The van der Waals surface area contributed by atoms with Gasteiger partial charge in [0.15, 0.2) is 21.3 Å². The zero-order chi connectivity index (χ0) is 56.8. The third-order valence-electron chi connectivity index (χ3n) is 14.9. The lowest BCUT2D eigenvalue weighted by Crippen LogP contribution is -2.72. The largest absolute Gasteiger partial charge is 0.448 e. The van der Waals surface area contributed by atoms with E-state index in [-0.39, 0.29) is 21.4 Å². The molecule has 0 saturated carbocycles. The molecule has 2 N–H and O–H groups in total. The number of halogens is 1. The fraction of sp³-hybridized carbons (Fsp3) is 0.118. The molecule has 0 bridgehead atoms. The minimum Gasteiger partial charge on any atom is -0.448 e. The Labute approximate surface area is 498 Å². The maximum atomic E-state index is 15.7. The molecule has 15 heteroatoms. The van der Waals surface area contributed by atoms with E-state index in [9.17, 15) is 0 Å². The van der Waals surface area contributed by atoms with Crippen LogP contribution in [0.2, 0.25) is 4.34 Å². The fourth-order valence-electron chi connectivity index (χ4n) is 11.0. The summed E-state index contributed by atoms with van der Waals surface area (Å²) in [5.74, 6) is -1.95. The van der Waals surface area contributed by atoms with Gasteiger partial charge in [-0.1, -0.05) is 283 Å². The average Bonchev–Trinajstić information content (AvgIpc) is 2.49. The van der Waals surface area contributed by atoms with Gasteiger partial charge in [0, 0.05) is 32.7 Å². The molecule has 12 rings (SSSR count). The molecule has 83 heavy (non-hydrogen) atoms. The molecule has 1 saturated heterocycles. The first-order chi connectivity index (χ1) is 40.7. The van der Waals surface area contributed by atoms with Crippen LogP contribution in [0.5, 0.6) is 0 Å². The van der Waals surface area contributed by atoms with E-state index in [2.05, 4.69) is 52.0 Å². The number of fused-ring (bicyclic) bond motifs is 1. The highest BCUT2D eigenvalue weighted by Gasteiger charge is 2.55. The van der Waals surface area contributed by atoms with Crippen LogP contribution >= 0.6 is 46.0 Å². The normalized spacial score (nSPS) is 15.3. The Morgan fingerprint density at radius 2 is 1.10 bits per heavy atom. The van der Waals surface area contributed by atoms with Crippen LogP contribution in [0.15, 0.2) is 269 Å². The fourth-order valence-corrected chi connectivity index (χ4v) is 14.3. The number of β-lactam (4-membered cyclic amide) rings is 1. The summed E-state index contributed by atoms with van der Waals surface area (Å²) < 4.78 is 7.34. The molecule has 11 nitrogen and oxygen atoms in total. The van der Waals surface area contributed by atoms with Gasteiger partial charge >= 0.3 is 5.97 Å². The number of thiazole rings is 2. The maximum Gasteiger partial charge on any atom is 0.356 e. The Kier molecular flexibility index (Phi) is 16.0. The number of aromatic nitrogens is 2. The number of carbonyl (C=O) groups excluding carboxylic acids is 3. The van der Waals surface area contributed by atoms with Gasteiger partial charge in [-0.05, 0) is 47.6 Å². The SMILES string of the molecule is Cc1cnc(SC2=C(C(=O)OC(c3ccccc3)c3ccccc3)N3C(=O)C(NC(=O)/C(=N\OC(c4ccccc4)(c4ccccc4)c4ccccc4)c4nc(NC(c5ccccc5)(c5ccccc5)c5ccccc5)sc4Cl)C3CC2)s1. The summed E-state index contributed by atoms with van der Waals surface area (Å²) in [6.07, 6.45) is 1.80. The summed E-state index contributed by atoms with van der Waals surface area (Å²) in [4.78, 5) is 65.6. The molecular weight excluding hydrogens is 1110 g/mol. The van der Waals surface area contributed by atoms with Gasteiger partial charge in [-0.15, -0.1) is 11.3 Å². The predicted molar refractivity (Wildman–Crippen MR) is 329 cm³/mol. The lowest BCUT2D eigenvalue weighted by Gasteiger charge is -2.50. The molecule has 2 atom stereocenters. The molecule has 410 valence electrons. The number of amides is 2. The van der Waals surface area contributed by atoms with Crippen molar-refractivity contribution in [1.29, 1.82) is 0 Å². The van der Waals surface area contributed by atoms with Crippen molar-refractivity contribution in [2.24, 2.45) is 5.16 Å². The summed E-state index contributed by atoms with van der Waals surface area (Å²) in [6, 6.07) is 76.5. The van der Waals surface area contributed by atoms with Crippen molar-refractivity contribution >= 4 is 74.7 Å². The van der Waals surface area contributed by atoms with Gasteiger partial charge in [-0.25, -0.2) is 14.8 Å². The summed E-state index contributed by atoms with van der Waals surface area (Å²) in [5, 5.41) is 12.1. The first-order valence-corrected chi connectivity index (χ1v) is 29.9. The maximum absolute atomic E-state index is 15.7. The first kappa shape index (κ1) is 54.7. The number of carbonyl (C=O) groups is 3. The number of hydrogen-bond donors (Lipinski definition) is 2. The summed E-state index contributed by atoms with van der Waals surface area (Å²) in [5.41, 5.74) is 3.92. The second-order valence-electron chi connectivity index (χ2n) is 19.9. The topological polar surface area (TPSA) is 135 Å². The number of rotatable bonds is 19. The molecule has 4 heterocycles. The van der Waals surface area contributed by atoms with E-state index < -0.39 is 47.1 Å². The zero-order valence-corrected chi connectivity index (χ0v) is 48.0. The highest BCUT2D eigenvalue weighted by molar-refractivity contribution is 8.04. The second-order valence-corrected chi connectivity index (χ2v) is 24.1. The number of esters is 1. The standard InChI is InChI=1S/C68H53ClN6O5S3/c1-45-44-70-66(81-45)82-55-43-42-54-56(63(77)75(54)59(55)64(78)79-60(46-26-10-2-11-27-46)47-28-12-3-13-29-47)71-62(76)58(74-80-68(51-36-20-7-21-37-51,52-38-22-8-23-39-52)53-40-24-9-25-41-53)57-61(69)83-65(72-57)73-67(48-30-14-4-15-31-48,49-32-16-5-17-33-49)50-34-18-6-19-35-50/h2-41,44,54,56,60H,42-43H2,1H3,(H,71,76)(H,72,73)/b74-58-. The van der Waals surface area contributed by atoms with Gasteiger partial charge in [0.2, 0.25) is 5.60 Å². The predicted octanol–water partition coefficient (Wildman–Crippen LogP) is 14.5. The minimum atomic E-state index is -1.42. The van der Waals surface area contributed by atoms with Gasteiger partial charge in [0.1, 0.15) is 27.3 Å². The van der Waals surface area contributed by atoms with E-state index in [0.717, 1.165) is 65.1 Å². The Morgan fingerprint density at radius 1 is 0.651 bits per heavy atom. The lowest BCUT2D eigenvalue weighted by atomic mass is 9.77. The van der Waals surface area contributed by atoms with Crippen molar-refractivity contribution in [3.8, 4) is 0 Å². The molecule has 0 radical (unpaired) electrons. The third-order valence-corrected chi connectivity index (χ3v) is 18.2. The average molecular weight is 1170 g/mol. The Morgan fingerprint density at radius 3 is 1.54 bits per heavy atom. The number of hydrogen-bond acceptors (Lipinski definition) is 12. The number of benzene rings is 8. The van der Waals surface area contributed by atoms with Gasteiger partial charge in [0.05, 0.1) is 6.04 Å². The number of nitrogens with one attached hydrogen (secondary N) is 2. The van der Waals surface area contributed by atoms with Gasteiger partial charge in [0.25, 0.3) is 11.8 Å². The van der Waals surface area contributed by atoms with E-state index in [1.807, 2.05) is 213 Å². The van der Waals surface area contributed by atoms with Gasteiger partial charge < -0.3 is 20.2 Å². The highest BCUT2D eigenvalue weighted by atomic mass is 35.5. The van der Waals surface area contributed by atoms with Crippen molar-refractivity contribution in [2.75, 3.05) is 5.32 Å². The van der Waals surface area contributed by atoms with E-state index >= 15 is 14.4 Å². The van der Waals surface area contributed by atoms with Crippen molar-refractivity contribution in [2.45, 2.75) is 53.4 Å². The molecule has 8 aromatic carbocycles. The molecule has 1 fully saturated rings. The van der Waals surface area contributed by atoms with Crippen LogP contribution in [0.3, 0.4) is 0 Å². The molecule has 2 aliphatic rings. The summed E-state index contributed by atoms with van der Waals surface area (Å²) >= 11 is 11.4. The minimum absolute atomic E-state index is 0.0181. The smallest absolute Gasteiger partial charge is 0.356 e. The molecule has 2 aliphatic heterocycles. The van der Waals surface area contributed by atoms with Crippen LogP contribution in [0.25, 0.3) is 0 Å². The number of aryl methyl sites for hydroxylation is 1.